The number of hydrogen-bond donors (Lipinski definition) is 5. The van der Waals surface area contributed by atoms with Crippen LogP contribution in [0.3, 0.4) is 0 Å². The molecule has 0 aromatic heterocycles. The van der Waals surface area contributed by atoms with E-state index in [2.05, 4.69) is 31.2 Å². The normalized spacial score (nSPS) is 10.9. The van der Waals surface area contributed by atoms with E-state index in [1.54, 1.807) is 0 Å². The Hall–Kier alpha value is -1.96. The lowest BCUT2D eigenvalue weighted by molar-refractivity contribution is -0.147. The SMILES string of the molecule is CCCCCCCCc1ccc(CCC(N)(CO)CO)cc1.O=C(O)CC(=O)O. The van der Waals surface area contributed by atoms with Gasteiger partial charge in [0.15, 0.2) is 0 Å². The number of carbonyl (C=O) groups is 2. The summed E-state index contributed by atoms with van der Waals surface area (Å²) in [6.07, 6.45) is 9.70. The monoisotopic (exact) mass is 411 g/mol. The van der Waals surface area contributed by atoms with Crippen molar-refractivity contribution in [1.82, 2.24) is 0 Å². The average Bonchev–Trinajstić information content (AvgIpc) is 2.69. The first-order valence-corrected chi connectivity index (χ1v) is 10.3. The molecule has 7 heteroatoms. The molecule has 29 heavy (non-hydrogen) atoms. The Labute approximate surface area is 173 Å². The van der Waals surface area contributed by atoms with Crippen LogP contribution >= 0.6 is 0 Å². The highest BCUT2D eigenvalue weighted by Crippen LogP contribution is 2.14. The molecule has 0 atom stereocenters. The maximum absolute atomic E-state index is 9.43. The highest BCUT2D eigenvalue weighted by atomic mass is 16.4. The molecule has 1 aromatic carbocycles. The molecule has 0 unspecified atom stereocenters. The topological polar surface area (TPSA) is 141 Å². The molecule has 0 aliphatic heterocycles. The van der Waals surface area contributed by atoms with E-state index in [4.69, 9.17) is 15.9 Å². The zero-order valence-corrected chi connectivity index (χ0v) is 17.5. The minimum Gasteiger partial charge on any atom is -0.481 e. The Morgan fingerprint density at radius 3 is 1.69 bits per heavy atom. The van der Waals surface area contributed by atoms with Crippen molar-refractivity contribution in [2.45, 2.75) is 76.7 Å². The highest BCUT2D eigenvalue weighted by molar-refractivity contribution is 5.88. The van der Waals surface area contributed by atoms with Crippen molar-refractivity contribution in [2.75, 3.05) is 13.2 Å². The average molecular weight is 412 g/mol. The Bertz CT molecular complexity index is 557. The number of aliphatic hydroxyl groups is 2. The van der Waals surface area contributed by atoms with Gasteiger partial charge in [0.2, 0.25) is 0 Å². The smallest absolute Gasteiger partial charge is 0.314 e. The van der Waals surface area contributed by atoms with Crippen molar-refractivity contribution < 1.29 is 30.0 Å². The number of carboxylic acids is 2. The quantitative estimate of drug-likeness (QED) is 0.234. The van der Waals surface area contributed by atoms with E-state index in [-0.39, 0.29) is 13.2 Å². The summed E-state index contributed by atoms with van der Waals surface area (Å²) in [5, 5.41) is 33.8. The van der Waals surface area contributed by atoms with Crippen molar-refractivity contribution in [3.05, 3.63) is 35.4 Å². The largest absolute Gasteiger partial charge is 0.481 e. The number of aryl methyl sites for hydroxylation is 2. The standard InChI is InChI=1S/C19H33NO2.C3H4O4/c1-2-3-4-5-6-7-8-17-9-11-18(12-10-17)13-14-19(20,15-21)16-22;4-2(5)1-3(6)7/h9-12,21-22H,2-8,13-16,20H2,1H3;1H2,(H,4,5)(H,6,7). The number of nitrogens with two attached hydrogens (primary N) is 1. The van der Waals surface area contributed by atoms with Crippen LogP contribution in [-0.2, 0) is 22.4 Å². The zero-order chi connectivity index (χ0) is 22.1. The van der Waals surface area contributed by atoms with E-state index < -0.39 is 23.9 Å². The third kappa shape index (κ3) is 14.7. The number of hydrogen-bond acceptors (Lipinski definition) is 5. The summed E-state index contributed by atoms with van der Waals surface area (Å²) >= 11 is 0. The lowest BCUT2D eigenvalue weighted by atomic mass is 9.93. The number of unbranched alkanes of at least 4 members (excludes halogenated alkanes) is 5. The van der Waals surface area contributed by atoms with E-state index in [0.29, 0.717) is 6.42 Å². The second-order valence-corrected chi connectivity index (χ2v) is 7.48. The van der Waals surface area contributed by atoms with Gasteiger partial charge in [-0.3, -0.25) is 9.59 Å². The van der Waals surface area contributed by atoms with Crippen LogP contribution in [0.4, 0.5) is 0 Å². The molecule has 6 N–H and O–H groups in total. The van der Waals surface area contributed by atoms with Gasteiger partial charge in [-0.2, -0.15) is 0 Å². The van der Waals surface area contributed by atoms with Crippen molar-refractivity contribution in [2.24, 2.45) is 5.73 Å². The van der Waals surface area contributed by atoms with E-state index >= 15 is 0 Å². The highest BCUT2D eigenvalue weighted by Gasteiger charge is 2.22. The minimum absolute atomic E-state index is 0.181. The summed E-state index contributed by atoms with van der Waals surface area (Å²) in [6.45, 7) is 1.89. The van der Waals surface area contributed by atoms with Gasteiger partial charge in [0.05, 0.1) is 18.8 Å². The van der Waals surface area contributed by atoms with Gasteiger partial charge in [-0.15, -0.1) is 0 Å². The molecule has 0 fully saturated rings. The van der Waals surface area contributed by atoms with E-state index in [1.807, 2.05) is 0 Å². The molecule has 1 rings (SSSR count). The van der Waals surface area contributed by atoms with Crippen LogP contribution in [0.2, 0.25) is 0 Å². The second-order valence-electron chi connectivity index (χ2n) is 7.48. The lowest BCUT2D eigenvalue weighted by Crippen LogP contribution is -2.47. The van der Waals surface area contributed by atoms with Gasteiger partial charge in [-0.25, -0.2) is 0 Å². The second kappa shape index (κ2) is 15.9. The van der Waals surface area contributed by atoms with Gasteiger partial charge in [-0.1, -0.05) is 63.3 Å². The zero-order valence-electron chi connectivity index (χ0n) is 17.5. The minimum atomic E-state index is -1.31. The molecule has 0 heterocycles. The van der Waals surface area contributed by atoms with Crippen LogP contribution < -0.4 is 5.73 Å². The van der Waals surface area contributed by atoms with Gasteiger partial charge in [0, 0.05) is 0 Å². The summed E-state index contributed by atoms with van der Waals surface area (Å²) in [5.74, 6) is -2.62. The molecule has 0 aliphatic rings. The summed E-state index contributed by atoms with van der Waals surface area (Å²) in [4.78, 5) is 18.9. The molecule has 0 saturated heterocycles. The Morgan fingerprint density at radius 2 is 1.28 bits per heavy atom. The number of carboxylic acid groups (broad SMARTS) is 2. The third-order valence-electron chi connectivity index (χ3n) is 4.69. The molecule has 1 aromatic rings. The van der Waals surface area contributed by atoms with Crippen molar-refractivity contribution in [1.29, 1.82) is 0 Å². The first kappa shape index (κ1) is 27.0. The molecule has 0 saturated carbocycles. The predicted octanol–water partition coefficient (Wildman–Crippen LogP) is 2.75. The molecular weight excluding hydrogens is 374 g/mol. The van der Waals surface area contributed by atoms with Crippen LogP contribution in [0.25, 0.3) is 0 Å². The van der Waals surface area contributed by atoms with Crippen LogP contribution in [0.5, 0.6) is 0 Å². The molecule has 7 nitrogen and oxygen atoms in total. The molecular formula is C22H37NO6. The first-order chi connectivity index (χ1) is 13.8. The van der Waals surface area contributed by atoms with Crippen LogP contribution in [-0.4, -0.2) is 51.1 Å². The van der Waals surface area contributed by atoms with Gasteiger partial charge in [-0.05, 0) is 36.8 Å². The molecule has 0 radical (unpaired) electrons. The summed E-state index contributed by atoms with van der Waals surface area (Å²) in [5.41, 5.74) is 7.63. The van der Waals surface area contributed by atoms with Crippen molar-refractivity contribution in [3.8, 4) is 0 Å². The summed E-state index contributed by atoms with van der Waals surface area (Å²) in [7, 11) is 0. The Morgan fingerprint density at radius 1 is 0.828 bits per heavy atom. The summed E-state index contributed by atoms with van der Waals surface area (Å²) in [6, 6.07) is 8.66. The van der Waals surface area contributed by atoms with Crippen LogP contribution in [0.15, 0.2) is 24.3 Å². The van der Waals surface area contributed by atoms with E-state index in [9.17, 15) is 19.8 Å². The molecule has 0 aliphatic carbocycles. The predicted molar refractivity (Wildman–Crippen MR) is 113 cm³/mol. The summed E-state index contributed by atoms with van der Waals surface area (Å²) < 4.78 is 0. The maximum Gasteiger partial charge on any atom is 0.314 e. The van der Waals surface area contributed by atoms with Gasteiger partial charge in [0.1, 0.15) is 6.42 Å². The fraction of sp³-hybridized carbons (Fsp3) is 0.636. The van der Waals surface area contributed by atoms with E-state index in [1.165, 1.54) is 49.7 Å². The first-order valence-electron chi connectivity index (χ1n) is 10.3. The molecule has 0 spiro atoms. The van der Waals surface area contributed by atoms with Crippen molar-refractivity contribution in [3.63, 3.8) is 0 Å². The fourth-order valence-corrected chi connectivity index (χ4v) is 2.71. The Balaban J connectivity index is 0.000000956. The fourth-order valence-electron chi connectivity index (χ4n) is 2.71. The number of rotatable bonds is 14. The van der Waals surface area contributed by atoms with Crippen LogP contribution in [0, 0.1) is 0 Å². The van der Waals surface area contributed by atoms with Crippen molar-refractivity contribution >= 4 is 11.9 Å². The van der Waals surface area contributed by atoms with E-state index in [0.717, 1.165) is 12.8 Å². The van der Waals surface area contributed by atoms with Crippen LogP contribution in [0.1, 0.15) is 69.4 Å². The number of aliphatic carboxylic acids is 2. The van der Waals surface area contributed by atoms with Gasteiger partial charge in [0.25, 0.3) is 0 Å². The van der Waals surface area contributed by atoms with Gasteiger partial charge < -0.3 is 26.2 Å². The third-order valence-corrected chi connectivity index (χ3v) is 4.69. The molecule has 0 amide bonds. The Kier molecular flexibility index (Phi) is 14.8. The number of benzene rings is 1. The number of aliphatic hydroxyl groups excluding tert-OH is 2. The maximum atomic E-state index is 9.43. The molecule has 0 bridgehead atoms. The molecule has 166 valence electrons. The van der Waals surface area contributed by atoms with Gasteiger partial charge >= 0.3 is 11.9 Å². The lowest BCUT2D eigenvalue weighted by Gasteiger charge is -2.24.